The molecule has 0 aromatic heterocycles. The predicted octanol–water partition coefficient (Wildman–Crippen LogP) is 3.14. The second-order valence-corrected chi connectivity index (χ2v) is 8.25. The van der Waals surface area contributed by atoms with Crippen molar-refractivity contribution in [3.63, 3.8) is 0 Å². The van der Waals surface area contributed by atoms with Gasteiger partial charge in [0.2, 0.25) is 17.6 Å². The third kappa shape index (κ3) is 5.36. The first-order chi connectivity index (χ1) is 15.6. The number of likely N-dealkylation sites (tertiary alicyclic amines) is 2. The van der Waals surface area contributed by atoms with Gasteiger partial charge in [0.1, 0.15) is 11.7 Å². The Bertz CT molecular complexity index is 902. The van der Waals surface area contributed by atoms with Gasteiger partial charge in [-0.25, -0.2) is 26.7 Å². The number of halogens is 5. The molecule has 2 N–H and O–H groups in total. The van der Waals surface area contributed by atoms with Crippen LogP contribution in [0.2, 0.25) is 0 Å². The van der Waals surface area contributed by atoms with Gasteiger partial charge in [0.05, 0.1) is 0 Å². The highest BCUT2D eigenvalue weighted by molar-refractivity contribution is 5.94. The highest BCUT2D eigenvalue weighted by Gasteiger charge is 2.33. The summed E-state index contributed by atoms with van der Waals surface area (Å²) >= 11 is 0. The van der Waals surface area contributed by atoms with E-state index in [1.165, 1.54) is 11.8 Å². The number of anilines is 1. The molecule has 0 radical (unpaired) electrons. The maximum absolute atomic E-state index is 13.7. The predicted molar refractivity (Wildman–Crippen MR) is 108 cm³/mol. The van der Waals surface area contributed by atoms with Crippen molar-refractivity contribution in [3.8, 4) is 0 Å². The van der Waals surface area contributed by atoms with E-state index in [4.69, 9.17) is 0 Å². The zero-order chi connectivity index (χ0) is 24.3. The largest absolute Gasteiger partial charge is 0.342 e. The Kier molecular flexibility index (Phi) is 7.75. The first-order valence-electron chi connectivity index (χ1n) is 10.8. The Morgan fingerprint density at radius 3 is 1.85 bits per heavy atom. The first-order valence-corrected chi connectivity index (χ1v) is 10.8. The molecular formula is C21H25F5N4O3. The van der Waals surface area contributed by atoms with Crippen molar-refractivity contribution < 1.29 is 36.3 Å². The summed E-state index contributed by atoms with van der Waals surface area (Å²) in [5, 5.41) is 3.70. The number of hydrogen-bond donors (Lipinski definition) is 2. The van der Waals surface area contributed by atoms with Gasteiger partial charge in [-0.3, -0.25) is 9.59 Å². The summed E-state index contributed by atoms with van der Waals surface area (Å²) in [5.41, 5.74) is -1.51. The normalized spacial score (nSPS) is 18.1. The molecule has 0 aliphatic carbocycles. The molecule has 2 aliphatic heterocycles. The number of hydrogen-bond acceptors (Lipinski definition) is 3. The number of benzene rings is 1. The van der Waals surface area contributed by atoms with E-state index in [-0.39, 0.29) is 11.8 Å². The van der Waals surface area contributed by atoms with E-state index in [1.54, 1.807) is 5.32 Å². The minimum atomic E-state index is -2.35. The van der Waals surface area contributed by atoms with Crippen LogP contribution >= 0.6 is 0 Å². The van der Waals surface area contributed by atoms with Crippen LogP contribution in [0.4, 0.5) is 32.4 Å². The van der Waals surface area contributed by atoms with Gasteiger partial charge >= 0.3 is 6.03 Å². The Morgan fingerprint density at radius 1 is 0.788 bits per heavy atom. The number of carbonyl (C=O) groups excluding carboxylic acids is 3. The lowest BCUT2D eigenvalue weighted by Crippen LogP contribution is -2.51. The van der Waals surface area contributed by atoms with Crippen LogP contribution in [0.15, 0.2) is 0 Å². The van der Waals surface area contributed by atoms with Crippen LogP contribution in [0.3, 0.4) is 0 Å². The standard InChI is InChI=1S/C21H25F5N4O3/c1-11(27-21(33)28-18-16(25)14(23)13(22)15(24)17(18)26)19(31)30-9-5-12(6-10-30)20(32)29-7-3-2-4-8-29/h11-12H,2-10H2,1H3,(H2,27,28,33)/t11-/m1/s1. The topological polar surface area (TPSA) is 81.8 Å². The van der Waals surface area contributed by atoms with E-state index in [2.05, 4.69) is 5.32 Å². The number of carbonyl (C=O) groups is 3. The maximum Gasteiger partial charge on any atom is 0.320 e. The van der Waals surface area contributed by atoms with Crippen LogP contribution in [-0.2, 0) is 9.59 Å². The number of rotatable bonds is 4. The summed E-state index contributed by atoms with van der Waals surface area (Å²) in [6, 6.07) is -2.45. The maximum atomic E-state index is 13.7. The van der Waals surface area contributed by atoms with Crippen molar-refractivity contribution in [2.75, 3.05) is 31.5 Å². The summed E-state index contributed by atoms with van der Waals surface area (Å²) in [6.45, 7) is 3.42. The molecule has 12 heteroatoms. The molecule has 0 unspecified atom stereocenters. The third-order valence-electron chi connectivity index (χ3n) is 5.99. The van der Waals surface area contributed by atoms with E-state index >= 15 is 0 Å². The van der Waals surface area contributed by atoms with Gasteiger partial charge in [0.15, 0.2) is 23.3 Å². The van der Waals surface area contributed by atoms with Crippen molar-refractivity contribution in [2.24, 2.45) is 5.92 Å². The van der Waals surface area contributed by atoms with Gasteiger partial charge in [-0.1, -0.05) is 0 Å². The van der Waals surface area contributed by atoms with Gasteiger partial charge < -0.3 is 20.4 Å². The lowest BCUT2D eigenvalue weighted by Gasteiger charge is -2.36. The molecule has 7 nitrogen and oxygen atoms in total. The van der Waals surface area contributed by atoms with Gasteiger partial charge in [-0.15, -0.1) is 0 Å². The van der Waals surface area contributed by atoms with Crippen molar-refractivity contribution >= 4 is 23.5 Å². The molecule has 1 atom stereocenters. The Morgan fingerprint density at radius 2 is 1.30 bits per heavy atom. The molecule has 3 rings (SSSR count). The molecule has 2 heterocycles. The second kappa shape index (κ2) is 10.3. The third-order valence-corrected chi connectivity index (χ3v) is 5.99. The quantitative estimate of drug-likeness (QED) is 0.398. The molecule has 0 saturated carbocycles. The van der Waals surface area contributed by atoms with Crippen LogP contribution in [0.25, 0.3) is 0 Å². The second-order valence-electron chi connectivity index (χ2n) is 8.25. The molecule has 2 saturated heterocycles. The zero-order valence-corrected chi connectivity index (χ0v) is 18.0. The fourth-order valence-electron chi connectivity index (χ4n) is 4.12. The molecule has 2 fully saturated rings. The number of piperidine rings is 2. The fourth-order valence-corrected chi connectivity index (χ4v) is 4.12. The summed E-state index contributed by atoms with van der Waals surface area (Å²) in [6.07, 6.45) is 4.03. The van der Waals surface area contributed by atoms with E-state index in [0.717, 1.165) is 32.4 Å². The van der Waals surface area contributed by atoms with Gasteiger partial charge in [-0.05, 0) is 39.0 Å². The van der Waals surface area contributed by atoms with Crippen LogP contribution < -0.4 is 10.6 Å². The van der Waals surface area contributed by atoms with E-state index in [9.17, 15) is 36.3 Å². The zero-order valence-electron chi connectivity index (χ0n) is 18.0. The number of amides is 4. The fraction of sp³-hybridized carbons (Fsp3) is 0.571. The van der Waals surface area contributed by atoms with E-state index in [1.807, 2.05) is 4.90 Å². The highest BCUT2D eigenvalue weighted by atomic mass is 19.2. The van der Waals surface area contributed by atoms with E-state index in [0.29, 0.717) is 25.9 Å². The SMILES string of the molecule is C[C@@H](NC(=O)Nc1c(F)c(F)c(F)c(F)c1F)C(=O)N1CCC(C(=O)N2CCCCC2)CC1. The lowest BCUT2D eigenvalue weighted by atomic mass is 9.94. The smallest absolute Gasteiger partial charge is 0.320 e. The van der Waals surface area contributed by atoms with Gasteiger partial charge in [0.25, 0.3) is 0 Å². The number of urea groups is 1. The summed E-state index contributed by atoms with van der Waals surface area (Å²) in [7, 11) is 0. The Hall–Kier alpha value is -2.92. The van der Waals surface area contributed by atoms with Crippen molar-refractivity contribution in [1.29, 1.82) is 0 Å². The summed E-state index contributed by atoms with van der Waals surface area (Å²) in [5.74, 6) is -11.7. The summed E-state index contributed by atoms with van der Waals surface area (Å²) < 4.78 is 67.1. The Labute approximate surface area is 187 Å². The van der Waals surface area contributed by atoms with Gasteiger partial charge in [0, 0.05) is 32.1 Å². The molecular weight excluding hydrogens is 451 g/mol. The molecule has 182 valence electrons. The average molecular weight is 476 g/mol. The van der Waals surface area contributed by atoms with Crippen LogP contribution in [0.5, 0.6) is 0 Å². The van der Waals surface area contributed by atoms with Crippen LogP contribution in [0, 0.1) is 35.0 Å². The molecule has 0 spiro atoms. The molecule has 0 bridgehead atoms. The van der Waals surface area contributed by atoms with Crippen molar-refractivity contribution in [2.45, 2.75) is 45.1 Å². The molecule has 2 aliphatic rings. The van der Waals surface area contributed by atoms with Crippen molar-refractivity contribution in [3.05, 3.63) is 29.1 Å². The highest BCUT2D eigenvalue weighted by Crippen LogP contribution is 2.27. The van der Waals surface area contributed by atoms with Crippen molar-refractivity contribution in [1.82, 2.24) is 15.1 Å². The first kappa shape index (κ1) is 24.7. The Balaban J connectivity index is 1.53. The van der Waals surface area contributed by atoms with Crippen LogP contribution in [-0.4, -0.2) is 59.9 Å². The summed E-state index contributed by atoms with van der Waals surface area (Å²) in [4.78, 5) is 40.6. The number of nitrogens with zero attached hydrogens (tertiary/aromatic N) is 2. The van der Waals surface area contributed by atoms with Crippen LogP contribution in [0.1, 0.15) is 39.0 Å². The number of nitrogens with one attached hydrogen (secondary N) is 2. The minimum absolute atomic E-state index is 0.0927. The van der Waals surface area contributed by atoms with Gasteiger partial charge in [-0.2, -0.15) is 0 Å². The molecule has 4 amide bonds. The average Bonchev–Trinajstić information content (AvgIpc) is 2.83. The monoisotopic (exact) mass is 476 g/mol. The molecule has 1 aromatic rings. The minimum Gasteiger partial charge on any atom is -0.342 e. The van der Waals surface area contributed by atoms with E-state index < -0.39 is 52.8 Å². The lowest BCUT2D eigenvalue weighted by molar-refractivity contribution is -0.141. The molecule has 1 aromatic carbocycles. The molecule has 33 heavy (non-hydrogen) atoms.